The van der Waals surface area contributed by atoms with E-state index in [0.29, 0.717) is 11.3 Å². The molecule has 23 heavy (non-hydrogen) atoms. The topological polar surface area (TPSA) is 82.8 Å². The number of hydrogen-bond acceptors (Lipinski definition) is 7. The van der Waals surface area contributed by atoms with Crippen LogP contribution in [-0.2, 0) is 0 Å². The van der Waals surface area contributed by atoms with Crippen molar-refractivity contribution in [1.82, 2.24) is 25.2 Å². The highest BCUT2D eigenvalue weighted by Gasteiger charge is 2.10. The van der Waals surface area contributed by atoms with Crippen LogP contribution in [0.2, 0.25) is 0 Å². The number of thiazole rings is 1. The maximum atomic E-state index is 12.2. The van der Waals surface area contributed by atoms with Crippen LogP contribution in [0.5, 0.6) is 5.75 Å². The van der Waals surface area contributed by atoms with Gasteiger partial charge in [0.25, 0.3) is 0 Å². The molecule has 0 radical (unpaired) electrons. The number of tetrazole rings is 1. The number of carbonyl (C=O) groups is 1. The van der Waals surface area contributed by atoms with Gasteiger partial charge in [-0.25, -0.2) is 14.5 Å². The van der Waals surface area contributed by atoms with E-state index in [2.05, 4.69) is 20.5 Å². The van der Waals surface area contributed by atoms with E-state index in [0.717, 1.165) is 15.9 Å². The van der Waals surface area contributed by atoms with Crippen LogP contribution in [0.4, 0.5) is 0 Å². The molecule has 0 unspecified atom stereocenters. The first-order valence-corrected chi connectivity index (χ1v) is 7.56. The van der Waals surface area contributed by atoms with Crippen LogP contribution >= 0.6 is 11.3 Å². The summed E-state index contributed by atoms with van der Waals surface area (Å²) in [7, 11) is 0. The Bertz CT molecular complexity index is 963. The van der Waals surface area contributed by atoms with Crippen molar-refractivity contribution in [2.75, 3.05) is 0 Å². The number of nitrogens with zero attached hydrogens (tertiary/aromatic N) is 5. The first kappa shape index (κ1) is 13.5. The zero-order chi connectivity index (χ0) is 15.6. The lowest BCUT2D eigenvalue weighted by atomic mass is 10.2. The summed E-state index contributed by atoms with van der Waals surface area (Å²) >= 11 is 1.49. The summed E-state index contributed by atoms with van der Waals surface area (Å²) in [4.78, 5) is 16.4. The smallest absolute Gasteiger partial charge is 0.343 e. The second kappa shape index (κ2) is 5.58. The second-order valence-electron chi connectivity index (χ2n) is 4.67. The van der Waals surface area contributed by atoms with Gasteiger partial charge in [-0.1, -0.05) is 0 Å². The van der Waals surface area contributed by atoms with Gasteiger partial charge in [0.05, 0.1) is 27.0 Å². The number of carbonyl (C=O) groups excluding carboxylic acids is 1. The first-order valence-electron chi connectivity index (χ1n) is 6.68. The van der Waals surface area contributed by atoms with E-state index >= 15 is 0 Å². The van der Waals surface area contributed by atoms with Gasteiger partial charge in [-0.05, 0) is 52.9 Å². The molecule has 0 amide bonds. The summed E-state index contributed by atoms with van der Waals surface area (Å²) in [5.74, 6) is 0.0479. The Labute approximate surface area is 134 Å². The quantitative estimate of drug-likeness (QED) is 0.425. The molecule has 0 atom stereocenters. The van der Waals surface area contributed by atoms with E-state index in [1.165, 1.54) is 22.3 Å². The molecule has 4 aromatic rings. The Kier molecular flexibility index (Phi) is 3.28. The minimum Gasteiger partial charge on any atom is -0.423 e. The summed E-state index contributed by atoms with van der Waals surface area (Å²) in [6.07, 6.45) is 1.49. The van der Waals surface area contributed by atoms with Crippen LogP contribution in [0.1, 0.15) is 10.4 Å². The molecule has 4 rings (SSSR count). The number of esters is 1. The Hall–Kier alpha value is -3.13. The van der Waals surface area contributed by atoms with Crippen molar-refractivity contribution in [2.24, 2.45) is 0 Å². The standard InChI is InChI=1S/C15H9N5O2S/c21-15(10-1-6-13-14(7-10)23-9-16-13)22-12-4-2-11(3-5-12)20-8-17-18-19-20/h1-9H. The highest BCUT2D eigenvalue weighted by atomic mass is 32.1. The molecule has 0 fully saturated rings. The molecule has 2 aromatic carbocycles. The van der Waals surface area contributed by atoms with Gasteiger partial charge in [0, 0.05) is 0 Å². The molecule has 0 aliphatic heterocycles. The third-order valence-electron chi connectivity index (χ3n) is 3.23. The lowest BCUT2D eigenvalue weighted by Crippen LogP contribution is -2.08. The predicted octanol–water partition coefficient (Wildman–Crippen LogP) is 2.49. The third kappa shape index (κ3) is 2.67. The van der Waals surface area contributed by atoms with Crippen LogP contribution in [0, 0.1) is 0 Å². The molecule has 0 saturated heterocycles. The molecular formula is C15H9N5O2S. The van der Waals surface area contributed by atoms with Crippen LogP contribution in [-0.4, -0.2) is 31.2 Å². The average Bonchev–Trinajstić information content (AvgIpc) is 3.26. The van der Waals surface area contributed by atoms with Gasteiger partial charge in [-0.3, -0.25) is 0 Å². The molecule has 0 bridgehead atoms. The van der Waals surface area contributed by atoms with Crippen LogP contribution in [0.25, 0.3) is 15.9 Å². The summed E-state index contributed by atoms with van der Waals surface area (Å²) in [5, 5.41) is 10.9. The number of rotatable bonds is 3. The minimum atomic E-state index is -0.407. The van der Waals surface area contributed by atoms with Crippen LogP contribution in [0.3, 0.4) is 0 Å². The van der Waals surface area contributed by atoms with Gasteiger partial charge in [-0.2, -0.15) is 0 Å². The average molecular weight is 323 g/mol. The predicted molar refractivity (Wildman–Crippen MR) is 83.7 cm³/mol. The second-order valence-corrected chi connectivity index (χ2v) is 5.56. The highest BCUT2D eigenvalue weighted by molar-refractivity contribution is 7.16. The van der Waals surface area contributed by atoms with Gasteiger partial charge in [0.1, 0.15) is 12.1 Å². The van der Waals surface area contributed by atoms with Crippen molar-refractivity contribution in [1.29, 1.82) is 0 Å². The fraction of sp³-hybridized carbons (Fsp3) is 0. The zero-order valence-electron chi connectivity index (χ0n) is 11.7. The molecule has 0 saturated carbocycles. The molecule has 112 valence electrons. The summed E-state index contributed by atoms with van der Waals surface area (Å²) < 4.78 is 7.85. The lowest BCUT2D eigenvalue weighted by Gasteiger charge is -2.05. The van der Waals surface area contributed by atoms with E-state index in [4.69, 9.17) is 4.74 Å². The summed E-state index contributed by atoms with van der Waals surface area (Å²) in [6.45, 7) is 0. The van der Waals surface area contributed by atoms with Crippen LogP contribution < -0.4 is 4.74 Å². The SMILES string of the molecule is O=C(Oc1ccc(-n2cnnn2)cc1)c1ccc2ncsc2c1. The summed E-state index contributed by atoms with van der Waals surface area (Å²) in [6, 6.07) is 12.2. The minimum absolute atomic E-state index is 0.407. The molecule has 0 spiro atoms. The largest absolute Gasteiger partial charge is 0.423 e. The maximum absolute atomic E-state index is 12.2. The van der Waals surface area contributed by atoms with Gasteiger partial charge >= 0.3 is 5.97 Å². The van der Waals surface area contributed by atoms with Gasteiger partial charge < -0.3 is 4.74 Å². The van der Waals surface area contributed by atoms with Crippen molar-refractivity contribution < 1.29 is 9.53 Å². The monoisotopic (exact) mass is 323 g/mol. The molecule has 7 nitrogen and oxygen atoms in total. The molecule has 0 N–H and O–H groups in total. The lowest BCUT2D eigenvalue weighted by molar-refractivity contribution is 0.0735. The van der Waals surface area contributed by atoms with Crippen molar-refractivity contribution in [3.8, 4) is 11.4 Å². The number of hydrogen-bond donors (Lipinski definition) is 0. The van der Waals surface area contributed by atoms with E-state index in [9.17, 15) is 4.79 Å². The Morgan fingerprint density at radius 2 is 2.00 bits per heavy atom. The highest BCUT2D eigenvalue weighted by Crippen LogP contribution is 2.21. The number of fused-ring (bicyclic) bond motifs is 1. The molecule has 0 aliphatic rings. The Morgan fingerprint density at radius 1 is 1.13 bits per heavy atom. The van der Waals surface area contributed by atoms with Crippen molar-refractivity contribution in [3.63, 3.8) is 0 Å². The van der Waals surface area contributed by atoms with Crippen molar-refractivity contribution in [2.45, 2.75) is 0 Å². The van der Waals surface area contributed by atoms with Crippen LogP contribution in [0.15, 0.2) is 54.3 Å². The maximum Gasteiger partial charge on any atom is 0.343 e. The third-order valence-corrected chi connectivity index (χ3v) is 4.02. The zero-order valence-corrected chi connectivity index (χ0v) is 12.5. The fourth-order valence-corrected chi connectivity index (χ4v) is 2.81. The molecular weight excluding hydrogens is 314 g/mol. The van der Waals surface area contributed by atoms with E-state index in [1.54, 1.807) is 41.9 Å². The number of aromatic nitrogens is 5. The van der Waals surface area contributed by atoms with Crippen molar-refractivity contribution >= 4 is 27.5 Å². The fourth-order valence-electron chi connectivity index (χ4n) is 2.09. The van der Waals surface area contributed by atoms with Crippen molar-refractivity contribution in [3.05, 3.63) is 59.9 Å². The number of ether oxygens (including phenoxy) is 1. The number of benzene rings is 2. The molecule has 0 aliphatic carbocycles. The van der Waals surface area contributed by atoms with E-state index in [-0.39, 0.29) is 0 Å². The van der Waals surface area contributed by atoms with Gasteiger partial charge in [-0.15, -0.1) is 16.4 Å². The molecule has 2 aromatic heterocycles. The molecule has 2 heterocycles. The normalized spacial score (nSPS) is 10.8. The first-order chi connectivity index (χ1) is 11.3. The molecule has 8 heteroatoms. The van der Waals surface area contributed by atoms with Gasteiger partial charge in [0.2, 0.25) is 0 Å². The van der Waals surface area contributed by atoms with Gasteiger partial charge in [0.15, 0.2) is 0 Å². The van der Waals surface area contributed by atoms with E-state index < -0.39 is 5.97 Å². The summed E-state index contributed by atoms with van der Waals surface area (Å²) in [5.41, 5.74) is 3.89. The van der Waals surface area contributed by atoms with E-state index in [1.807, 2.05) is 6.07 Å². The Morgan fingerprint density at radius 3 is 2.78 bits per heavy atom. The Balaban J connectivity index is 1.53.